The van der Waals surface area contributed by atoms with Gasteiger partial charge in [-0.3, -0.25) is 0 Å². The Balaban J connectivity index is 2.00. The molecule has 2 heterocycles. The summed E-state index contributed by atoms with van der Waals surface area (Å²) in [5.74, 6) is 4.01. The molecule has 1 fully saturated rings. The summed E-state index contributed by atoms with van der Waals surface area (Å²) in [4.78, 5) is 4.53. The van der Waals surface area contributed by atoms with E-state index in [1.165, 1.54) is 24.3 Å². The van der Waals surface area contributed by atoms with Crippen LogP contribution in [0.3, 0.4) is 0 Å². The van der Waals surface area contributed by atoms with Gasteiger partial charge in [-0.2, -0.15) is 11.8 Å². The molecule has 0 radical (unpaired) electrons. The van der Waals surface area contributed by atoms with Crippen LogP contribution in [0.4, 0.5) is 4.39 Å². The van der Waals surface area contributed by atoms with Crippen molar-refractivity contribution in [2.75, 3.05) is 11.5 Å². The number of benzene rings is 1. The number of imidazole rings is 1. The molecule has 0 aliphatic carbocycles. The summed E-state index contributed by atoms with van der Waals surface area (Å²) in [7, 11) is 0. The lowest BCUT2D eigenvalue weighted by Gasteiger charge is -2.22. The van der Waals surface area contributed by atoms with E-state index >= 15 is 0 Å². The maximum atomic E-state index is 13.8. The first-order valence-corrected chi connectivity index (χ1v) is 9.15. The van der Waals surface area contributed by atoms with E-state index < -0.39 is 0 Å². The van der Waals surface area contributed by atoms with E-state index in [1.54, 1.807) is 12.1 Å². The fourth-order valence-corrected chi connectivity index (χ4v) is 4.40. The highest BCUT2D eigenvalue weighted by Gasteiger charge is 2.19. The zero-order valence-corrected chi connectivity index (χ0v) is 14.1. The molecule has 0 atom stereocenters. The molecule has 1 aliphatic rings. The van der Waals surface area contributed by atoms with Gasteiger partial charge in [-0.05, 0) is 52.3 Å². The van der Waals surface area contributed by atoms with Gasteiger partial charge in [-0.25, -0.2) is 9.37 Å². The second kappa shape index (κ2) is 6.24. The first-order chi connectivity index (χ1) is 9.69. The summed E-state index contributed by atoms with van der Waals surface area (Å²) >= 11 is 11.2. The third kappa shape index (κ3) is 2.85. The molecule has 0 amide bonds. The normalized spacial score (nSPS) is 16.9. The summed E-state index contributed by atoms with van der Waals surface area (Å²) in [5, 5.41) is 0. The van der Waals surface area contributed by atoms with Crippen LogP contribution in [0.25, 0.3) is 11.0 Å². The smallest absolute Gasteiger partial charge is 0.139 e. The molecular weight excluding hydrogens is 363 g/mol. The zero-order valence-electron chi connectivity index (χ0n) is 10.9. The largest absolute Gasteiger partial charge is 0.327 e. The summed E-state index contributed by atoms with van der Waals surface area (Å²) in [6.45, 7) is 0.889. The van der Waals surface area contributed by atoms with Crippen molar-refractivity contribution in [2.45, 2.75) is 25.3 Å². The minimum absolute atomic E-state index is 0.251. The second-order valence-corrected chi connectivity index (χ2v) is 7.43. The molecule has 1 saturated heterocycles. The van der Waals surface area contributed by atoms with E-state index in [-0.39, 0.29) is 5.82 Å². The Morgan fingerprint density at radius 3 is 2.85 bits per heavy atom. The number of hydrogen-bond acceptors (Lipinski definition) is 2. The Kier molecular flexibility index (Phi) is 4.58. The van der Waals surface area contributed by atoms with Crippen LogP contribution in [-0.2, 0) is 12.4 Å². The third-order valence-corrected chi connectivity index (χ3v) is 5.67. The van der Waals surface area contributed by atoms with Crippen LogP contribution in [-0.4, -0.2) is 21.1 Å². The summed E-state index contributed by atoms with van der Waals surface area (Å²) in [6.07, 6.45) is 2.43. The maximum absolute atomic E-state index is 13.8. The Hall–Kier alpha value is -0.260. The van der Waals surface area contributed by atoms with Gasteiger partial charge in [0.1, 0.15) is 11.6 Å². The van der Waals surface area contributed by atoms with Crippen LogP contribution in [0.1, 0.15) is 18.7 Å². The van der Waals surface area contributed by atoms with Crippen molar-refractivity contribution >= 4 is 50.3 Å². The zero-order chi connectivity index (χ0) is 14.1. The quantitative estimate of drug-likeness (QED) is 0.714. The fourth-order valence-electron chi connectivity index (χ4n) is 2.66. The molecule has 6 heteroatoms. The minimum Gasteiger partial charge on any atom is -0.327 e. The standard InChI is InChI=1S/C14H15BrClFN2S/c15-10-5-12-13(6-11(10)17)19(14(7-16)18-12)8-9-1-3-20-4-2-9/h5-6,9H,1-4,7-8H2. The van der Waals surface area contributed by atoms with Crippen LogP contribution in [0.5, 0.6) is 0 Å². The molecule has 1 aromatic carbocycles. The van der Waals surface area contributed by atoms with E-state index in [1.807, 2.05) is 11.8 Å². The average molecular weight is 378 g/mol. The van der Waals surface area contributed by atoms with Crippen molar-refractivity contribution in [1.82, 2.24) is 9.55 Å². The number of hydrogen-bond donors (Lipinski definition) is 0. The lowest BCUT2D eigenvalue weighted by Crippen LogP contribution is -2.17. The van der Waals surface area contributed by atoms with Crippen molar-refractivity contribution in [3.05, 3.63) is 28.2 Å². The Morgan fingerprint density at radius 2 is 2.15 bits per heavy atom. The number of halogens is 3. The molecule has 1 aromatic heterocycles. The van der Waals surface area contributed by atoms with Crippen molar-refractivity contribution in [2.24, 2.45) is 5.92 Å². The van der Waals surface area contributed by atoms with Crippen LogP contribution < -0.4 is 0 Å². The molecule has 1 aliphatic heterocycles. The van der Waals surface area contributed by atoms with E-state index in [0.29, 0.717) is 16.3 Å². The molecule has 0 saturated carbocycles. The highest BCUT2D eigenvalue weighted by atomic mass is 79.9. The van der Waals surface area contributed by atoms with Crippen molar-refractivity contribution in [1.29, 1.82) is 0 Å². The molecule has 0 bridgehead atoms. The Morgan fingerprint density at radius 1 is 1.40 bits per heavy atom. The summed E-state index contributed by atoms with van der Waals surface area (Å²) < 4.78 is 16.3. The molecule has 0 spiro atoms. The molecule has 108 valence electrons. The molecule has 3 rings (SSSR count). The predicted molar refractivity (Wildman–Crippen MR) is 87.0 cm³/mol. The lowest BCUT2D eigenvalue weighted by molar-refractivity contribution is 0.417. The van der Waals surface area contributed by atoms with Gasteiger partial charge in [0.15, 0.2) is 0 Å². The van der Waals surface area contributed by atoms with Crippen molar-refractivity contribution in [3.8, 4) is 0 Å². The number of thioether (sulfide) groups is 1. The fraction of sp³-hybridized carbons (Fsp3) is 0.500. The van der Waals surface area contributed by atoms with Crippen LogP contribution in [0.15, 0.2) is 16.6 Å². The molecule has 0 unspecified atom stereocenters. The van der Waals surface area contributed by atoms with Gasteiger partial charge in [0, 0.05) is 12.6 Å². The third-order valence-electron chi connectivity index (χ3n) is 3.77. The second-order valence-electron chi connectivity index (χ2n) is 5.08. The van der Waals surface area contributed by atoms with Crippen LogP contribution in [0.2, 0.25) is 0 Å². The predicted octanol–water partition coefficient (Wildman–Crippen LogP) is 4.82. The lowest BCUT2D eigenvalue weighted by atomic mass is 10.0. The number of aromatic nitrogens is 2. The van der Waals surface area contributed by atoms with E-state index in [4.69, 9.17) is 11.6 Å². The summed E-state index contributed by atoms with van der Waals surface area (Å²) in [6, 6.07) is 3.29. The highest BCUT2D eigenvalue weighted by Crippen LogP contribution is 2.29. The van der Waals surface area contributed by atoms with E-state index in [0.717, 1.165) is 23.4 Å². The van der Waals surface area contributed by atoms with E-state index in [2.05, 4.69) is 25.5 Å². The Bertz CT molecular complexity index is 625. The average Bonchev–Trinajstić information content (AvgIpc) is 2.78. The molecular formula is C14H15BrClFN2S. The van der Waals surface area contributed by atoms with Gasteiger partial charge < -0.3 is 4.57 Å². The topological polar surface area (TPSA) is 17.8 Å². The first kappa shape index (κ1) is 14.7. The molecule has 2 aromatic rings. The summed E-state index contributed by atoms with van der Waals surface area (Å²) in [5.41, 5.74) is 1.65. The Labute approximate surface area is 135 Å². The molecule has 0 N–H and O–H groups in total. The van der Waals surface area contributed by atoms with Gasteiger partial charge in [0.25, 0.3) is 0 Å². The molecule has 20 heavy (non-hydrogen) atoms. The number of fused-ring (bicyclic) bond motifs is 1. The maximum Gasteiger partial charge on any atom is 0.139 e. The SMILES string of the molecule is Fc1cc2c(cc1Br)nc(CCl)n2CC1CCSCC1. The highest BCUT2D eigenvalue weighted by molar-refractivity contribution is 9.10. The van der Waals surface area contributed by atoms with Crippen LogP contribution in [0, 0.1) is 11.7 Å². The van der Waals surface area contributed by atoms with Crippen molar-refractivity contribution < 1.29 is 4.39 Å². The minimum atomic E-state index is -0.251. The van der Waals surface area contributed by atoms with Crippen LogP contribution >= 0.6 is 39.3 Å². The molecule has 2 nitrogen and oxygen atoms in total. The van der Waals surface area contributed by atoms with Crippen molar-refractivity contribution in [3.63, 3.8) is 0 Å². The van der Waals surface area contributed by atoms with E-state index in [9.17, 15) is 4.39 Å². The number of rotatable bonds is 3. The number of nitrogens with zero attached hydrogens (tertiary/aromatic N) is 2. The van der Waals surface area contributed by atoms with Gasteiger partial charge in [0.05, 0.1) is 21.4 Å². The van der Waals surface area contributed by atoms with Gasteiger partial charge in [0.2, 0.25) is 0 Å². The van der Waals surface area contributed by atoms with Gasteiger partial charge in [-0.15, -0.1) is 11.6 Å². The van der Waals surface area contributed by atoms with Gasteiger partial charge in [-0.1, -0.05) is 0 Å². The monoisotopic (exact) mass is 376 g/mol. The number of alkyl halides is 1. The first-order valence-electron chi connectivity index (χ1n) is 6.67. The van der Waals surface area contributed by atoms with Gasteiger partial charge >= 0.3 is 0 Å².